The molecule has 0 saturated heterocycles. The van der Waals surface area contributed by atoms with Gasteiger partial charge in [0.2, 0.25) is 0 Å². The minimum absolute atomic E-state index is 0.717. The molecule has 188 valence electrons. The maximum Gasteiger partial charge on any atom is 0.171 e. The van der Waals surface area contributed by atoms with E-state index >= 15 is 0 Å². The molecule has 4 aromatic rings. The first-order valence-corrected chi connectivity index (χ1v) is 16.7. The second-order valence-electron chi connectivity index (χ2n) is 8.35. The van der Waals surface area contributed by atoms with E-state index in [0.717, 1.165) is 38.3 Å². The minimum Gasteiger partial charge on any atom is -0.227 e. The van der Waals surface area contributed by atoms with Crippen molar-refractivity contribution in [1.29, 1.82) is 0 Å². The standard InChI is InChI=1S/C30H22Br2I2O2S/c31-25-11-7-23(8-12-25)29(19-5-21-1-15-27(33)16-2-21)37(35,36)30(24-9-13-26(32)14-10-24)20-6-22-3-17-28(34)18-4-22/h1-20,29-30H/b19-5+,20-6+. The van der Waals surface area contributed by atoms with E-state index < -0.39 is 20.3 Å². The van der Waals surface area contributed by atoms with Crippen LogP contribution < -0.4 is 0 Å². The number of sulfone groups is 1. The average molecular weight is 860 g/mol. The van der Waals surface area contributed by atoms with Crippen LogP contribution in [0, 0.1) is 7.14 Å². The summed E-state index contributed by atoms with van der Waals surface area (Å²) >= 11 is 11.5. The molecule has 0 amide bonds. The van der Waals surface area contributed by atoms with Gasteiger partial charge in [0.25, 0.3) is 0 Å². The third-order valence-electron chi connectivity index (χ3n) is 5.77. The van der Waals surface area contributed by atoms with Gasteiger partial charge in [-0.05, 0) is 116 Å². The quantitative estimate of drug-likeness (QED) is 0.166. The molecule has 0 spiro atoms. The van der Waals surface area contributed by atoms with Crippen LogP contribution >= 0.6 is 77.0 Å². The van der Waals surface area contributed by atoms with E-state index in [9.17, 15) is 8.42 Å². The summed E-state index contributed by atoms with van der Waals surface area (Å²) in [5.74, 6) is 0. The normalized spacial score (nSPS) is 13.7. The molecule has 0 aliphatic heterocycles. The molecule has 0 aliphatic carbocycles. The number of benzene rings is 4. The van der Waals surface area contributed by atoms with Crippen LogP contribution in [0.4, 0.5) is 0 Å². The van der Waals surface area contributed by atoms with Crippen LogP contribution in [0.3, 0.4) is 0 Å². The fourth-order valence-electron chi connectivity index (χ4n) is 3.83. The zero-order chi connectivity index (χ0) is 26.4. The first-order chi connectivity index (χ1) is 17.7. The lowest BCUT2D eigenvalue weighted by molar-refractivity contribution is 0.584. The third kappa shape index (κ3) is 7.88. The molecule has 7 heteroatoms. The smallest absolute Gasteiger partial charge is 0.171 e. The van der Waals surface area contributed by atoms with Gasteiger partial charge in [-0.2, -0.15) is 0 Å². The maximum absolute atomic E-state index is 14.4. The maximum atomic E-state index is 14.4. The molecule has 4 aromatic carbocycles. The van der Waals surface area contributed by atoms with Gasteiger partial charge in [0.05, 0.1) is 0 Å². The van der Waals surface area contributed by atoms with E-state index in [1.165, 1.54) is 0 Å². The van der Waals surface area contributed by atoms with Crippen LogP contribution in [0.15, 0.2) is 118 Å². The van der Waals surface area contributed by atoms with Crippen molar-refractivity contribution in [3.63, 3.8) is 0 Å². The predicted molar refractivity (Wildman–Crippen MR) is 179 cm³/mol. The molecule has 0 aliphatic rings. The first-order valence-electron chi connectivity index (χ1n) is 11.3. The summed E-state index contributed by atoms with van der Waals surface area (Å²) in [6, 6.07) is 31.0. The molecule has 0 saturated carbocycles. The van der Waals surface area contributed by atoms with Gasteiger partial charge in [-0.3, -0.25) is 0 Å². The first kappa shape index (κ1) is 28.7. The Hall–Kier alpha value is -1.27. The topological polar surface area (TPSA) is 34.1 Å². The Kier molecular flexibility index (Phi) is 10.2. The molecule has 2 nitrogen and oxygen atoms in total. The minimum atomic E-state index is -3.76. The van der Waals surface area contributed by atoms with Gasteiger partial charge in [0, 0.05) is 16.1 Å². The highest BCUT2D eigenvalue weighted by Crippen LogP contribution is 2.38. The molecule has 0 fully saturated rings. The Morgan fingerprint density at radius 3 is 1.19 bits per heavy atom. The molecule has 0 aromatic heterocycles. The van der Waals surface area contributed by atoms with E-state index in [2.05, 4.69) is 77.0 Å². The summed E-state index contributed by atoms with van der Waals surface area (Å²) in [6.07, 6.45) is 7.38. The van der Waals surface area contributed by atoms with Crippen molar-refractivity contribution < 1.29 is 8.42 Å². The SMILES string of the molecule is O=S(=O)(C(/C=C/c1ccc(I)cc1)c1ccc(Br)cc1)C(/C=C/c1ccc(I)cc1)c1ccc(Br)cc1. The van der Waals surface area contributed by atoms with Gasteiger partial charge in [0.1, 0.15) is 10.5 Å². The van der Waals surface area contributed by atoms with Crippen LogP contribution in [0.2, 0.25) is 0 Å². The molecule has 0 bridgehead atoms. The van der Waals surface area contributed by atoms with Crippen molar-refractivity contribution in [2.45, 2.75) is 10.5 Å². The molecule has 0 N–H and O–H groups in total. The van der Waals surface area contributed by atoms with Crippen molar-refractivity contribution in [2.75, 3.05) is 0 Å². The predicted octanol–water partition coefficient (Wildman–Crippen LogP) is 10.0. The summed E-state index contributed by atoms with van der Waals surface area (Å²) in [7, 11) is -3.76. The number of halogens is 4. The summed E-state index contributed by atoms with van der Waals surface area (Å²) < 4.78 is 32.9. The lowest BCUT2D eigenvalue weighted by Crippen LogP contribution is -2.19. The summed E-state index contributed by atoms with van der Waals surface area (Å²) in [6.45, 7) is 0. The second kappa shape index (κ2) is 13.2. The Bertz CT molecular complexity index is 1390. The van der Waals surface area contributed by atoms with Crippen molar-refractivity contribution in [1.82, 2.24) is 0 Å². The molecular formula is C30H22Br2I2O2S. The largest absolute Gasteiger partial charge is 0.227 e. The lowest BCUT2D eigenvalue weighted by Gasteiger charge is -2.22. The highest BCUT2D eigenvalue weighted by molar-refractivity contribution is 14.1. The molecule has 2 atom stereocenters. The fraction of sp³-hybridized carbons (Fsp3) is 0.0667. The Balaban J connectivity index is 1.81. The van der Waals surface area contributed by atoms with Gasteiger partial charge >= 0.3 is 0 Å². The highest BCUT2D eigenvalue weighted by atomic mass is 127. The van der Waals surface area contributed by atoms with E-state index in [-0.39, 0.29) is 0 Å². The molecule has 0 radical (unpaired) electrons. The number of hydrogen-bond donors (Lipinski definition) is 0. The monoisotopic (exact) mass is 858 g/mol. The van der Waals surface area contributed by atoms with Crippen LogP contribution in [0.5, 0.6) is 0 Å². The highest BCUT2D eigenvalue weighted by Gasteiger charge is 2.33. The van der Waals surface area contributed by atoms with Crippen molar-refractivity contribution in [3.05, 3.63) is 148 Å². The third-order valence-corrected chi connectivity index (χ3v) is 10.5. The molecule has 0 heterocycles. The zero-order valence-corrected chi connectivity index (χ0v) is 27.7. The fourth-order valence-corrected chi connectivity index (χ4v) is 7.06. The van der Waals surface area contributed by atoms with Crippen LogP contribution in [0.1, 0.15) is 32.8 Å². The summed E-state index contributed by atoms with van der Waals surface area (Å²) in [5.41, 5.74) is 3.34. The average Bonchev–Trinajstić information content (AvgIpc) is 2.88. The van der Waals surface area contributed by atoms with Gasteiger partial charge in [0.15, 0.2) is 9.84 Å². The molecule has 37 heavy (non-hydrogen) atoms. The van der Waals surface area contributed by atoms with Crippen molar-refractivity contribution >= 4 is 99.0 Å². The lowest BCUT2D eigenvalue weighted by atomic mass is 10.1. The Labute approximate surface area is 262 Å². The van der Waals surface area contributed by atoms with E-state index in [1.54, 1.807) is 12.2 Å². The van der Waals surface area contributed by atoms with Crippen LogP contribution in [0.25, 0.3) is 12.2 Å². The van der Waals surface area contributed by atoms with Gasteiger partial charge in [-0.25, -0.2) is 8.42 Å². The molecule has 4 rings (SSSR count). The van der Waals surface area contributed by atoms with E-state index in [4.69, 9.17) is 0 Å². The molecular weight excluding hydrogens is 838 g/mol. The van der Waals surface area contributed by atoms with Crippen LogP contribution in [-0.4, -0.2) is 8.42 Å². The van der Waals surface area contributed by atoms with E-state index in [1.807, 2.05) is 109 Å². The van der Waals surface area contributed by atoms with E-state index in [0.29, 0.717) is 0 Å². The van der Waals surface area contributed by atoms with Gasteiger partial charge in [-0.1, -0.05) is 105 Å². The summed E-state index contributed by atoms with van der Waals surface area (Å²) in [4.78, 5) is 0. The Morgan fingerprint density at radius 1 is 0.541 bits per heavy atom. The van der Waals surface area contributed by atoms with Gasteiger partial charge < -0.3 is 0 Å². The molecule has 2 unspecified atom stereocenters. The number of hydrogen-bond acceptors (Lipinski definition) is 2. The van der Waals surface area contributed by atoms with Crippen molar-refractivity contribution in [3.8, 4) is 0 Å². The zero-order valence-electron chi connectivity index (χ0n) is 19.4. The summed E-state index contributed by atoms with van der Waals surface area (Å²) in [5, 5.41) is -1.68. The van der Waals surface area contributed by atoms with Crippen LogP contribution in [-0.2, 0) is 9.84 Å². The second-order valence-corrected chi connectivity index (χ2v) is 14.9. The Morgan fingerprint density at radius 2 is 0.865 bits per heavy atom. The number of rotatable bonds is 8. The van der Waals surface area contributed by atoms with Gasteiger partial charge in [-0.15, -0.1) is 0 Å². The van der Waals surface area contributed by atoms with Crippen molar-refractivity contribution in [2.24, 2.45) is 0 Å².